The maximum atomic E-state index is 13.6. The molecule has 2 nitrogen and oxygen atoms in total. The van der Waals surface area contributed by atoms with Gasteiger partial charge < -0.3 is 4.90 Å². The lowest BCUT2D eigenvalue weighted by Crippen LogP contribution is -2.14. The molecule has 2 aromatic rings. The molecule has 30 heavy (non-hydrogen) atoms. The second kappa shape index (κ2) is 9.23. The maximum absolute atomic E-state index is 13.6. The highest BCUT2D eigenvalue weighted by molar-refractivity contribution is 5.64. The fraction of sp³-hybridized carbons (Fsp3) is 0.480. The van der Waals surface area contributed by atoms with Crippen LogP contribution in [0.2, 0.25) is 0 Å². The number of hydrogen-bond acceptors (Lipinski definition) is 1. The van der Waals surface area contributed by atoms with E-state index in [1.54, 1.807) is 12.1 Å². The van der Waals surface area contributed by atoms with Crippen molar-refractivity contribution in [2.24, 2.45) is 4.99 Å². The summed E-state index contributed by atoms with van der Waals surface area (Å²) in [4.78, 5) is 6.58. The number of alkyl halides is 3. The van der Waals surface area contributed by atoms with Gasteiger partial charge in [-0.05, 0) is 85.9 Å². The third kappa shape index (κ3) is 5.24. The van der Waals surface area contributed by atoms with Crippen molar-refractivity contribution in [2.75, 3.05) is 13.6 Å². The lowest BCUT2D eigenvalue weighted by atomic mass is 9.89. The van der Waals surface area contributed by atoms with Gasteiger partial charge in [0.1, 0.15) is 0 Å². The number of halogens is 3. The van der Waals surface area contributed by atoms with Crippen LogP contribution in [0, 0.1) is 13.8 Å². The van der Waals surface area contributed by atoms with Gasteiger partial charge in [0.2, 0.25) is 0 Å². The molecule has 1 aliphatic rings. The second-order valence-corrected chi connectivity index (χ2v) is 8.46. The minimum atomic E-state index is -4.30. The van der Waals surface area contributed by atoms with Crippen LogP contribution in [0.5, 0.6) is 0 Å². The molecule has 0 aromatic heterocycles. The molecule has 0 amide bonds. The van der Waals surface area contributed by atoms with Crippen LogP contribution in [0.25, 0.3) is 0 Å². The van der Waals surface area contributed by atoms with Crippen LogP contribution in [-0.2, 0) is 12.6 Å². The molecule has 0 radical (unpaired) electrons. The number of benzene rings is 2. The molecule has 162 valence electrons. The fourth-order valence-corrected chi connectivity index (χ4v) is 4.21. The zero-order chi connectivity index (χ0) is 21.9. The van der Waals surface area contributed by atoms with Gasteiger partial charge in [0.15, 0.2) is 0 Å². The van der Waals surface area contributed by atoms with E-state index in [1.165, 1.54) is 6.07 Å². The Kier molecular flexibility index (Phi) is 6.89. The van der Waals surface area contributed by atoms with E-state index >= 15 is 0 Å². The summed E-state index contributed by atoms with van der Waals surface area (Å²) in [5, 5.41) is 0. The molecular weight excluding hydrogens is 385 g/mol. The number of aryl methyl sites for hydroxylation is 2. The molecule has 0 unspecified atom stereocenters. The minimum Gasteiger partial charge on any atom is -0.366 e. The van der Waals surface area contributed by atoms with E-state index in [2.05, 4.69) is 24.0 Å². The molecular formula is C25H31F3N2. The van der Waals surface area contributed by atoms with Crippen molar-refractivity contribution in [1.82, 2.24) is 4.90 Å². The second-order valence-electron chi connectivity index (χ2n) is 8.46. The highest BCUT2D eigenvalue weighted by Gasteiger charge is 2.35. The van der Waals surface area contributed by atoms with E-state index in [0.717, 1.165) is 60.2 Å². The van der Waals surface area contributed by atoms with Crippen molar-refractivity contribution in [3.8, 4) is 0 Å². The van der Waals surface area contributed by atoms with Gasteiger partial charge in [-0.2, -0.15) is 13.2 Å². The summed E-state index contributed by atoms with van der Waals surface area (Å²) in [6.45, 7) is 7.02. The Morgan fingerprint density at radius 1 is 1.07 bits per heavy atom. The van der Waals surface area contributed by atoms with E-state index in [1.807, 2.05) is 32.1 Å². The van der Waals surface area contributed by atoms with Gasteiger partial charge in [0.25, 0.3) is 0 Å². The first-order valence-corrected chi connectivity index (χ1v) is 10.7. The van der Waals surface area contributed by atoms with Crippen molar-refractivity contribution in [3.05, 3.63) is 63.7 Å². The molecule has 1 fully saturated rings. The smallest absolute Gasteiger partial charge is 0.366 e. The molecule has 0 heterocycles. The summed E-state index contributed by atoms with van der Waals surface area (Å²) < 4.78 is 40.7. The summed E-state index contributed by atoms with van der Waals surface area (Å²) in [5.74, 6) is 0.0247. The van der Waals surface area contributed by atoms with Crippen molar-refractivity contribution in [2.45, 2.75) is 65.0 Å². The summed E-state index contributed by atoms with van der Waals surface area (Å²) in [7, 11) is 1.98. The highest BCUT2D eigenvalue weighted by Crippen LogP contribution is 2.42. The van der Waals surface area contributed by atoms with E-state index in [0.29, 0.717) is 12.0 Å². The first-order valence-electron chi connectivity index (χ1n) is 10.7. The SMILES string of the molecule is CCN(C)/C=N\c1cc(C)c(Cc2ccc(C(F)(F)F)c(C3CCCC3)c2)cc1C. The number of rotatable bonds is 6. The Morgan fingerprint density at radius 3 is 2.40 bits per heavy atom. The minimum absolute atomic E-state index is 0.0247. The first-order chi connectivity index (χ1) is 14.2. The van der Waals surface area contributed by atoms with Crippen molar-refractivity contribution in [3.63, 3.8) is 0 Å². The first kappa shape index (κ1) is 22.4. The van der Waals surface area contributed by atoms with Crippen LogP contribution in [0.3, 0.4) is 0 Å². The molecule has 0 aliphatic heterocycles. The van der Waals surface area contributed by atoms with Crippen LogP contribution < -0.4 is 0 Å². The zero-order valence-corrected chi connectivity index (χ0v) is 18.3. The Bertz CT molecular complexity index is 909. The Morgan fingerprint density at radius 2 is 1.77 bits per heavy atom. The molecule has 0 N–H and O–H groups in total. The van der Waals surface area contributed by atoms with E-state index < -0.39 is 11.7 Å². The van der Waals surface area contributed by atoms with Gasteiger partial charge in [-0.15, -0.1) is 0 Å². The Labute approximate surface area is 177 Å². The number of hydrogen-bond donors (Lipinski definition) is 0. The molecule has 3 rings (SSSR count). The topological polar surface area (TPSA) is 15.6 Å². The highest BCUT2D eigenvalue weighted by atomic mass is 19.4. The molecule has 1 saturated carbocycles. The van der Waals surface area contributed by atoms with Crippen LogP contribution >= 0.6 is 0 Å². The summed E-state index contributed by atoms with van der Waals surface area (Å²) in [5.41, 5.74) is 5.19. The van der Waals surface area contributed by atoms with Crippen LogP contribution in [0.4, 0.5) is 18.9 Å². The van der Waals surface area contributed by atoms with E-state index in [4.69, 9.17) is 0 Å². The molecule has 1 aliphatic carbocycles. The standard InChI is InChI=1S/C25H31F3N2/c1-5-30(4)16-29-24-13-17(2)21(12-18(24)3)14-19-10-11-23(25(26,27)28)22(15-19)20-8-6-7-9-20/h10-13,15-16,20H,5-9,14H2,1-4H3/b29-16-. The third-order valence-electron chi connectivity index (χ3n) is 6.16. The van der Waals surface area contributed by atoms with Crippen molar-refractivity contribution < 1.29 is 13.2 Å². The Balaban J connectivity index is 1.90. The van der Waals surface area contributed by atoms with Crippen LogP contribution in [0.15, 0.2) is 35.3 Å². The molecule has 0 atom stereocenters. The number of nitrogens with zero attached hydrogens (tertiary/aromatic N) is 2. The predicted octanol–water partition coefficient (Wildman–Crippen LogP) is 7.18. The maximum Gasteiger partial charge on any atom is 0.416 e. The quantitative estimate of drug-likeness (QED) is 0.360. The monoisotopic (exact) mass is 416 g/mol. The molecule has 5 heteroatoms. The van der Waals surface area contributed by atoms with Gasteiger partial charge in [-0.25, -0.2) is 4.99 Å². The summed E-state index contributed by atoms with van der Waals surface area (Å²) in [6, 6.07) is 8.89. The van der Waals surface area contributed by atoms with Gasteiger partial charge in [0, 0.05) is 13.6 Å². The van der Waals surface area contributed by atoms with Crippen molar-refractivity contribution >= 4 is 12.0 Å². The normalized spacial score (nSPS) is 15.3. The van der Waals surface area contributed by atoms with Crippen LogP contribution in [-0.4, -0.2) is 24.8 Å². The van der Waals surface area contributed by atoms with Gasteiger partial charge in [0.05, 0.1) is 17.6 Å². The lowest BCUT2D eigenvalue weighted by Gasteiger charge is -2.19. The van der Waals surface area contributed by atoms with Crippen LogP contribution in [0.1, 0.15) is 71.9 Å². The average molecular weight is 417 g/mol. The van der Waals surface area contributed by atoms with Gasteiger partial charge >= 0.3 is 6.18 Å². The average Bonchev–Trinajstić information content (AvgIpc) is 3.23. The fourth-order valence-electron chi connectivity index (χ4n) is 4.21. The molecule has 2 aromatic carbocycles. The van der Waals surface area contributed by atoms with E-state index in [9.17, 15) is 13.2 Å². The largest absolute Gasteiger partial charge is 0.416 e. The predicted molar refractivity (Wildman–Crippen MR) is 118 cm³/mol. The van der Waals surface area contributed by atoms with Gasteiger partial charge in [-0.3, -0.25) is 0 Å². The lowest BCUT2D eigenvalue weighted by molar-refractivity contribution is -0.138. The third-order valence-corrected chi connectivity index (χ3v) is 6.16. The number of aliphatic imine (C=N–C) groups is 1. The molecule has 0 bridgehead atoms. The van der Waals surface area contributed by atoms with Gasteiger partial charge in [-0.1, -0.05) is 31.0 Å². The summed E-state index contributed by atoms with van der Waals surface area (Å²) in [6.07, 6.45) is 1.88. The van der Waals surface area contributed by atoms with Crippen molar-refractivity contribution in [1.29, 1.82) is 0 Å². The summed E-state index contributed by atoms with van der Waals surface area (Å²) >= 11 is 0. The molecule has 0 spiro atoms. The zero-order valence-electron chi connectivity index (χ0n) is 18.3. The van der Waals surface area contributed by atoms with E-state index in [-0.39, 0.29) is 5.92 Å². The molecule has 0 saturated heterocycles. The Hall–Kier alpha value is -2.30.